The van der Waals surface area contributed by atoms with Gasteiger partial charge in [0, 0.05) is 0 Å². The Morgan fingerprint density at radius 1 is 1.14 bits per heavy atom. The van der Waals surface area contributed by atoms with Crippen molar-refractivity contribution in [2.45, 2.75) is 24.7 Å². The third kappa shape index (κ3) is 3.33. The number of rotatable bonds is 5. The summed E-state index contributed by atoms with van der Waals surface area (Å²) in [6.45, 7) is 3.96. The van der Waals surface area contributed by atoms with Crippen molar-refractivity contribution in [3.63, 3.8) is 0 Å². The van der Waals surface area contributed by atoms with Crippen LogP contribution < -0.4 is 9.46 Å². The van der Waals surface area contributed by atoms with Gasteiger partial charge in [-0.05, 0) is 35.7 Å². The van der Waals surface area contributed by atoms with Gasteiger partial charge in [0.15, 0.2) is 0 Å². The minimum absolute atomic E-state index is 0.0458. The molecule has 6 heteroatoms. The number of anilines is 1. The number of nitrogens with one attached hydrogen (secondary N) is 1. The molecule has 2 rings (SSSR count). The van der Waals surface area contributed by atoms with E-state index < -0.39 is 10.0 Å². The fraction of sp³-hybridized carbons (Fsp3) is 0.250. The van der Waals surface area contributed by atoms with Crippen LogP contribution in [0.4, 0.5) is 5.69 Å². The minimum Gasteiger partial charge on any atom is -0.506 e. The standard InChI is InChI=1S/C16H19NO4S/c1-11(2)12-8-9-15(21-3)16(10-12)22(19,20)17-13-6-4-5-7-14(13)18/h4-11,17-18H,1-3H3. The molecule has 0 spiro atoms. The number of phenols is 1. The van der Waals surface area contributed by atoms with Gasteiger partial charge < -0.3 is 9.84 Å². The van der Waals surface area contributed by atoms with E-state index in [0.29, 0.717) is 0 Å². The van der Waals surface area contributed by atoms with Gasteiger partial charge in [0.25, 0.3) is 10.0 Å². The molecule has 5 nitrogen and oxygen atoms in total. The number of phenolic OH excluding ortho intramolecular Hbond substituents is 1. The quantitative estimate of drug-likeness (QED) is 0.828. The predicted molar refractivity (Wildman–Crippen MR) is 86.0 cm³/mol. The molecule has 0 fully saturated rings. The molecule has 0 bridgehead atoms. The fourth-order valence-electron chi connectivity index (χ4n) is 2.02. The van der Waals surface area contributed by atoms with Crippen LogP contribution in [0, 0.1) is 0 Å². The van der Waals surface area contributed by atoms with E-state index in [4.69, 9.17) is 4.74 Å². The molecule has 0 aliphatic heterocycles. The smallest absolute Gasteiger partial charge is 0.265 e. The highest BCUT2D eigenvalue weighted by molar-refractivity contribution is 7.92. The van der Waals surface area contributed by atoms with Gasteiger partial charge >= 0.3 is 0 Å². The first-order valence-electron chi connectivity index (χ1n) is 6.84. The molecule has 2 aromatic rings. The number of hydrogen-bond donors (Lipinski definition) is 2. The van der Waals surface area contributed by atoms with E-state index in [1.807, 2.05) is 19.9 Å². The Bertz CT molecular complexity index is 769. The van der Waals surface area contributed by atoms with Crippen LogP contribution >= 0.6 is 0 Å². The molecule has 22 heavy (non-hydrogen) atoms. The first kappa shape index (κ1) is 16.2. The van der Waals surface area contributed by atoms with Gasteiger partial charge in [0.2, 0.25) is 0 Å². The highest BCUT2D eigenvalue weighted by atomic mass is 32.2. The van der Waals surface area contributed by atoms with E-state index in [9.17, 15) is 13.5 Å². The van der Waals surface area contributed by atoms with E-state index in [1.165, 1.54) is 19.2 Å². The van der Waals surface area contributed by atoms with Crippen molar-refractivity contribution in [2.75, 3.05) is 11.8 Å². The molecule has 0 saturated carbocycles. The van der Waals surface area contributed by atoms with Crippen LogP contribution in [-0.2, 0) is 10.0 Å². The van der Waals surface area contributed by atoms with Gasteiger partial charge in [-0.15, -0.1) is 0 Å². The number of ether oxygens (including phenoxy) is 1. The Morgan fingerprint density at radius 2 is 1.82 bits per heavy atom. The summed E-state index contributed by atoms with van der Waals surface area (Å²) in [5, 5.41) is 9.73. The average Bonchev–Trinajstić information content (AvgIpc) is 2.48. The molecule has 0 saturated heterocycles. The van der Waals surface area contributed by atoms with E-state index in [2.05, 4.69) is 4.72 Å². The van der Waals surface area contributed by atoms with E-state index >= 15 is 0 Å². The van der Waals surface area contributed by atoms with Gasteiger partial charge in [-0.2, -0.15) is 0 Å². The van der Waals surface area contributed by atoms with Gasteiger partial charge in [-0.1, -0.05) is 32.0 Å². The summed E-state index contributed by atoms with van der Waals surface area (Å²) in [6, 6.07) is 11.2. The second-order valence-corrected chi connectivity index (χ2v) is 6.84. The van der Waals surface area contributed by atoms with E-state index in [0.717, 1.165) is 5.56 Å². The molecule has 2 N–H and O–H groups in total. The number of hydrogen-bond acceptors (Lipinski definition) is 4. The second-order valence-electron chi connectivity index (χ2n) is 5.19. The predicted octanol–water partition coefficient (Wildman–Crippen LogP) is 3.33. The van der Waals surface area contributed by atoms with Gasteiger partial charge in [0.1, 0.15) is 16.4 Å². The Balaban J connectivity index is 2.49. The maximum absolute atomic E-state index is 12.6. The zero-order valence-electron chi connectivity index (χ0n) is 12.7. The molecule has 0 aliphatic rings. The summed E-state index contributed by atoms with van der Waals surface area (Å²) < 4.78 is 32.8. The van der Waals surface area contributed by atoms with Crippen LogP contribution in [0.2, 0.25) is 0 Å². The third-order valence-electron chi connectivity index (χ3n) is 3.29. The highest BCUT2D eigenvalue weighted by Gasteiger charge is 2.21. The van der Waals surface area contributed by atoms with Crippen molar-refractivity contribution in [3.05, 3.63) is 48.0 Å². The molecule has 0 aromatic heterocycles. The molecule has 118 valence electrons. The van der Waals surface area contributed by atoms with Crippen LogP contribution in [0.5, 0.6) is 11.5 Å². The van der Waals surface area contributed by atoms with E-state index in [-0.39, 0.29) is 28.0 Å². The van der Waals surface area contributed by atoms with Crippen molar-refractivity contribution in [2.24, 2.45) is 0 Å². The zero-order chi connectivity index (χ0) is 16.3. The van der Waals surface area contributed by atoms with E-state index in [1.54, 1.807) is 24.3 Å². The van der Waals surface area contributed by atoms with Crippen LogP contribution in [0.3, 0.4) is 0 Å². The van der Waals surface area contributed by atoms with Gasteiger partial charge in [-0.3, -0.25) is 4.72 Å². The Labute approximate surface area is 130 Å². The SMILES string of the molecule is COc1ccc(C(C)C)cc1S(=O)(=O)Nc1ccccc1O. The van der Waals surface area contributed by atoms with Crippen molar-refractivity contribution >= 4 is 15.7 Å². The molecule has 0 atom stereocenters. The lowest BCUT2D eigenvalue weighted by atomic mass is 10.0. The van der Waals surface area contributed by atoms with Crippen molar-refractivity contribution in [1.82, 2.24) is 0 Å². The van der Waals surface area contributed by atoms with Gasteiger partial charge in [0.05, 0.1) is 12.8 Å². The normalized spacial score (nSPS) is 11.5. The second kappa shape index (κ2) is 6.27. The number of methoxy groups -OCH3 is 1. The lowest BCUT2D eigenvalue weighted by Crippen LogP contribution is -2.14. The number of benzene rings is 2. The highest BCUT2D eigenvalue weighted by Crippen LogP contribution is 2.31. The topological polar surface area (TPSA) is 75.6 Å². The molecule has 2 aromatic carbocycles. The largest absolute Gasteiger partial charge is 0.506 e. The summed E-state index contributed by atoms with van der Waals surface area (Å²) in [4.78, 5) is 0.0458. The van der Waals surface area contributed by atoms with Crippen molar-refractivity contribution < 1.29 is 18.3 Å². The molecular weight excluding hydrogens is 302 g/mol. The summed E-state index contributed by atoms with van der Waals surface area (Å²) >= 11 is 0. The zero-order valence-corrected chi connectivity index (χ0v) is 13.5. The van der Waals surface area contributed by atoms with Gasteiger partial charge in [-0.25, -0.2) is 8.42 Å². The Morgan fingerprint density at radius 3 is 2.41 bits per heavy atom. The summed E-state index contributed by atoms with van der Waals surface area (Å²) in [5.74, 6) is 0.308. The molecule has 0 unspecified atom stereocenters. The number of aromatic hydroxyl groups is 1. The van der Waals surface area contributed by atoms with Crippen LogP contribution in [-0.4, -0.2) is 20.6 Å². The first-order valence-corrected chi connectivity index (χ1v) is 8.32. The van der Waals surface area contributed by atoms with Crippen LogP contribution in [0.1, 0.15) is 25.3 Å². The Kier molecular flexibility index (Phi) is 4.61. The summed E-state index contributed by atoms with van der Waals surface area (Å²) in [6.07, 6.45) is 0. The fourth-order valence-corrected chi connectivity index (χ4v) is 3.30. The molecule has 0 amide bonds. The molecule has 0 heterocycles. The number of para-hydroxylation sites is 2. The summed E-state index contributed by atoms with van der Waals surface area (Å²) in [7, 11) is -2.45. The summed E-state index contributed by atoms with van der Waals surface area (Å²) in [5.41, 5.74) is 1.01. The maximum atomic E-state index is 12.6. The average molecular weight is 321 g/mol. The molecule has 0 aliphatic carbocycles. The maximum Gasteiger partial charge on any atom is 0.265 e. The Hall–Kier alpha value is -2.21. The molecule has 0 radical (unpaired) electrons. The van der Waals surface area contributed by atoms with Crippen LogP contribution in [0.15, 0.2) is 47.4 Å². The first-order chi connectivity index (χ1) is 10.3. The van der Waals surface area contributed by atoms with Crippen molar-refractivity contribution in [3.8, 4) is 11.5 Å². The lowest BCUT2D eigenvalue weighted by molar-refractivity contribution is 0.402. The van der Waals surface area contributed by atoms with Crippen LogP contribution in [0.25, 0.3) is 0 Å². The lowest BCUT2D eigenvalue weighted by Gasteiger charge is -2.15. The monoisotopic (exact) mass is 321 g/mol. The molecular formula is C16H19NO4S. The minimum atomic E-state index is -3.87. The van der Waals surface area contributed by atoms with Crippen molar-refractivity contribution in [1.29, 1.82) is 0 Å². The number of sulfonamides is 1. The third-order valence-corrected chi connectivity index (χ3v) is 4.68.